The van der Waals surface area contributed by atoms with Gasteiger partial charge in [0.05, 0.1) is 0 Å². The van der Waals surface area contributed by atoms with Gasteiger partial charge in [-0.3, -0.25) is 0 Å². The summed E-state index contributed by atoms with van der Waals surface area (Å²) in [5.74, 6) is 0. The van der Waals surface area contributed by atoms with E-state index in [0.717, 1.165) is 31.3 Å². The molecular weight excluding hydrogens is 168 g/mol. The van der Waals surface area contributed by atoms with E-state index in [2.05, 4.69) is 9.98 Å². The summed E-state index contributed by atoms with van der Waals surface area (Å²) in [6, 6.07) is 0. The zero-order chi connectivity index (χ0) is 9.52. The molecule has 4 nitrogen and oxygen atoms in total. The molecule has 0 amide bonds. The molecule has 0 radical (unpaired) electrons. The summed E-state index contributed by atoms with van der Waals surface area (Å²) in [4.78, 5) is 26.9. The Morgan fingerprint density at radius 2 is 1.92 bits per heavy atom. The highest BCUT2D eigenvalue weighted by molar-refractivity contribution is 5.39. The summed E-state index contributed by atoms with van der Waals surface area (Å²) in [6.07, 6.45) is 8.15. The van der Waals surface area contributed by atoms with E-state index in [9.17, 15) is 9.59 Å². The van der Waals surface area contributed by atoms with Crippen LogP contribution < -0.4 is 0 Å². The molecule has 0 saturated carbocycles. The van der Waals surface area contributed by atoms with Crippen LogP contribution in [0.15, 0.2) is 21.6 Å². The summed E-state index contributed by atoms with van der Waals surface area (Å²) in [5, 5.41) is 0. The number of aliphatic imine (C=N–C) groups is 2. The van der Waals surface area contributed by atoms with E-state index in [4.69, 9.17) is 0 Å². The van der Waals surface area contributed by atoms with Crippen molar-refractivity contribution in [3.05, 3.63) is 11.6 Å². The van der Waals surface area contributed by atoms with Gasteiger partial charge in [0.15, 0.2) is 6.17 Å². The van der Waals surface area contributed by atoms with Gasteiger partial charge in [-0.1, -0.05) is 6.08 Å². The number of isocyanates is 2. The highest BCUT2D eigenvalue weighted by Gasteiger charge is 2.13. The lowest BCUT2D eigenvalue weighted by molar-refractivity contribution is 0.550. The first-order valence-electron chi connectivity index (χ1n) is 4.21. The van der Waals surface area contributed by atoms with Gasteiger partial charge in [-0.15, -0.1) is 0 Å². The molecule has 0 fully saturated rings. The summed E-state index contributed by atoms with van der Waals surface area (Å²) in [7, 11) is 0. The normalized spacial score (nSPS) is 17.7. The maximum absolute atomic E-state index is 10.0. The Balaban J connectivity index is 2.78. The van der Waals surface area contributed by atoms with Crippen LogP contribution in [0.1, 0.15) is 25.7 Å². The van der Waals surface area contributed by atoms with Crippen molar-refractivity contribution in [2.45, 2.75) is 31.8 Å². The third-order valence-corrected chi connectivity index (χ3v) is 2.01. The second kappa shape index (κ2) is 5.20. The van der Waals surface area contributed by atoms with Crippen molar-refractivity contribution in [2.75, 3.05) is 0 Å². The van der Waals surface area contributed by atoms with Crippen LogP contribution in [0.4, 0.5) is 0 Å². The van der Waals surface area contributed by atoms with E-state index in [1.165, 1.54) is 12.2 Å². The standard InChI is InChI=1S/C9H10N2O2/c12-6-10-9(11-7-13)8-4-2-1-3-5-8/h4,9H,1-3,5H2. The van der Waals surface area contributed by atoms with Gasteiger partial charge >= 0.3 is 0 Å². The van der Waals surface area contributed by atoms with Crippen molar-refractivity contribution < 1.29 is 9.59 Å². The molecule has 0 bridgehead atoms. The Morgan fingerprint density at radius 3 is 2.38 bits per heavy atom. The van der Waals surface area contributed by atoms with E-state index >= 15 is 0 Å². The first-order chi connectivity index (χ1) is 6.38. The molecule has 13 heavy (non-hydrogen) atoms. The summed E-state index contributed by atoms with van der Waals surface area (Å²) in [5.41, 5.74) is 0.929. The van der Waals surface area contributed by atoms with Gasteiger partial charge in [0.2, 0.25) is 12.2 Å². The highest BCUT2D eigenvalue weighted by atomic mass is 16.1. The fourth-order valence-corrected chi connectivity index (χ4v) is 1.39. The van der Waals surface area contributed by atoms with Crippen LogP contribution in [0, 0.1) is 0 Å². The molecule has 0 aliphatic heterocycles. The number of hydrogen-bond donors (Lipinski definition) is 0. The number of rotatable bonds is 3. The van der Waals surface area contributed by atoms with Crippen LogP contribution >= 0.6 is 0 Å². The third kappa shape index (κ3) is 2.79. The van der Waals surface area contributed by atoms with E-state index in [0.29, 0.717) is 0 Å². The molecule has 0 unspecified atom stereocenters. The molecule has 0 spiro atoms. The predicted octanol–water partition coefficient (Wildman–Crippen LogP) is 1.48. The average molecular weight is 178 g/mol. The predicted molar refractivity (Wildman–Crippen MR) is 46.6 cm³/mol. The SMILES string of the molecule is O=C=NC(N=C=O)C1=CCCCC1. The molecule has 0 aromatic heterocycles. The Bertz CT molecular complexity index is 279. The van der Waals surface area contributed by atoms with Crippen LogP contribution in [0.25, 0.3) is 0 Å². The molecule has 1 aliphatic carbocycles. The van der Waals surface area contributed by atoms with E-state index in [-0.39, 0.29) is 0 Å². The van der Waals surface area contributed by atoms with Crippen molar-refractivity contribution in [1.82, 2.24) is 0 Å². The van der Waals surface area contributed by atoms with Gasteiger partial charge in [-0.25, -0.2) is 9.59 Å². The molecule has 0 aromatic rings. The number of allylic oxidation sites excluding steroid dienone is 1. The lowest BCUT2D eigenvalue weighted by Crippen LogP contribution is -2.07. The molecule has 0 aromatic carbocycles. The van der Waals surface area contributed by atoms with E-state index in [1.54, 1.807) is 0 Å². The van der Waals surface area contributed by atoms with Crippen LogP contribution in [0.3, 0.4) is 0 Å². The quantitative estimate of drug-likeness (QED) is 0.373. The Hall–Kier alpha value is -1.50. The first-order valence-corrected chi connectivity index (χ1v) is 4.21. The lowest BCUT2D eigenvalue weighted by Gasteiger charge is -2.13. The maximum atomic E-state index is 10.0. The number of hydrogen-bond acceptors (Lipinski definition) is 4. The smallest absolute Gasteiger partial charge is 0.211 e. The van der Waals surface area contributed by atoms with Gasteiger partial charge in [-0.05, 0) is 31.3 Å². The Labute approximate surface area is 76.1 Å². The molecular formula is C9H10N2O2. The zero-order valence-corrected chi connectivity index (χ0v) is 7.19. The second-order valence-corrected chi connectivity index (χ2v) is 2.84. The fourth-order valence-electron chi connectivity index (χ4n) is 1.39. The molecule has 1 aliphatic rings. The molecule has 0 atom stereocenters. The Morgan fingerprint density at radius 1 is 1.23 bits per heavy atom. The lowest BCUT2D eigenvalue weighted by atomic mass is 9.98. The van der Waals surface area contributed by atoms with Gasteiger partial charge in [0.1, 0.15) is 0 Å². The second-order valence-electron chi connectivity index (χ2n) is 2.84. The molecule has 4 heteroatoms. The van der Waals surface area contributed by atoms with Gasteiger partial charge in [-0.2, -0.15) is 9.98 Å². The number of nitrogens with zero attached hydrogens (tertiary/aromatic N) is 2. The van der Waals surface area contributed by atoms with Crippen LogP contribution in [0.2, 0.25) is 0 Å². The van der Waals surface area contributed by atoms with Crippen LogP contribution in [-0.2, 0) is 9.59 Å². The van der Waals surface area contributed by atoms with Crippen LogP contribution in [-0.4, -0.2) is 18.3 Å². The minimum absolute atomic E-state index is 0.671. The van der Waals surface area contributed by atoms with Gasteiger partial charge in [0.25, 0.3) is 0 Å². The molecule has 0 heterocycles. The zero-order valence-electron chi connectivity index (χ0n) is 7.19. The van der Waals surface area contributed by atoms with Crippen molar-refractivity contribution in [3.63, 3.8) is 0 Å². The van der Waals surface area contributed by atoms with Gasteiger partial charge in [0, 0.05) is 0 Å². The number of carbonyl (C=O) groups excluding carboxylic acids is 2. The molecule has 0 saturated heterocycles. The van der Waals surface area contributed by atoms with E-state index in [1.807, 2.05) is 6.08 Å². The molecule has 0 N–H and O–H groups in total. The Kier molecular flexibility index (Phi) is 3.83. The topological polar surface area (TPSA) is 58.9 Å². The van der Waals surface area contributed by atoms with E-state index < -0.39 is 6.17 Å². The summed E-state index contributed by atoms with van der Waals surface area (Å²) < 4.78 is 0. The minimum atomic E-state index is -0.671. The maximum Gasteiger partial charge on any atom is 0.237 e. The highest BCUT2D eigenvalue weighted by Crippen LogP contribution is 2.22. The molecule has 68 valence electrons. The van der Waals surface area contributed by atoms with Crippen molar-refractivity contribution >= 4 is 12.2 Å². The minimum Gasteiger partial charge on any atom is -0.211 e. The van der Waals surface area contributed by atoms with Crippen molar-refractivity contribution in [1.29, 1.82) is 0 Å². The average Bonchev–Trinajstić information content (AvgIpc) is 2.19. The van der Waals surface area contributed by atoms with Gasteiger partial charge < -0.3 is 0 Å². The summed E-state index contributed by atoms with van der Waals surface area (Å²) >= 11 is 0. The largest absolute Gasteiger partial charge is 0.237 e. The first kappa shape index (κ1) is 9.59. The monoisotopic (exact) mass is 178 g/mol. The molecule has 1 rings (SSSR count). The summed E-state index contributed by atoms with van der Waals surface area (Å²) in [6.45, 7) is 0. The fraction of sp³-hybridized carbons (Fsp3) is 0.556. The van der Waals surface area contributed by atoms with Crippen molar-refractivity contribution in [2.24, 2.45) is 9.98 Å². The van der Waals surface area contributed by atoms with Crippen molar-refractivity contribution in [3.8, 4) is 0 Å². The van der Waals surface area contributed by atoms with Crippen LogP contribution in [0.5, 0.6) is 0 Å². The third-order valence-electron chi connectivity index (χ3n) is 2.01.